The van der Waals surface area contributed by atoms with Gasteiger partial charge in [0.2, 0.25) is 0 Å². The molecule has 0 N–H and O–H groups in total. The Morgan fingerprint density at radius 3 is 1.54 bits per heavy atom. The molecule has 0 spiro atoms. The Kier molecular flexibility index (Phi) is 4.71. The van der Waals surface area contributed by atoms with Crippen LogP contribution in [0.2, 0.25) is 0 Å². The summed E-state index contributed by atoms with van der Waals surface area (Å²) < 4.78 is 16.8. The molecule has 0 atom stereocenters. The van der Waals surface area contributed by atoms with Crippen LogP contribution in [0.4, 0.5) is 0 Å². The molecule has 0 radical (unpaired) electrons. The highest BCUT2D eigenvalue weighted by Crippen LogP contribution is 2.46. The fourth-order valence-electron chi connectivity index (χ4n) is 2.93. The molecule has 0 heterocycles. The molecule has 0 fully saturated rings. The molecule has 24 heavy (non-hydrogen) atoms. The van der Waals surface area contributed by atoms with Gasteiger partial charge in [0.15, 0.2) is 0 Å². The van der Waals surface area contributed by atoms with E-state index in [9.17, 15) is 0 Å². The van der Waals surface area contributed by atoms with Crippen molar-refractivity contribution in [3.63, 3.8) is 0 Å². The molecule has 3 heteroatoms. The maximum atomic E-state index is 5.63. The number of ether oxygens (including phenoxy) is 3. The molecule has 0 saturated heterocycles. The van der Waals surface area contributed by atoms with Crippen LogP contribution in [0.5, 0.6) is 17.2 Å². The van der Waals surface area contributed by atoms with E-state index >= 15 is 0 Å². The maximum absolute atomic E-state index is 5.63. The van der Waals surface area contributed by atoms with E-state index in [0.29, 0.717) is 0 Å². The lowest BCUT2D eigenvalue weighted by atomic mass is 9.92. The zero-order valence-electron chi connectivity index (χ0n) is 14.1. The Morgan fingerprint density at radius 1 is 0.500 bits per heavy atom. The number of hydrogen-bond acceptors (Lipinski definition) is 3. The van der Waals surface area contributed by atoms with E-state index in [2.05, 4.69) is 18.2 Å². The summed E-state index contributed by atoms with van der Waals surface area (Å²) in [6.07, 6.45) is 0. The van der Waals surface area contributed by atoms with Gasteiger partial charge in [-0.1, -0.05) is 48.5 Å². The van der Waals surface area contributed by atoms with Gasteiger partial charge in [-0.2, -0.15) is 0 Å². The molecule has 0 aliphatic heterocycles. The quantitative estimate of drug-likeness (QED) is 0.658. The lowest BCUT2D eigenvalue weighted by Crippen LogP contribution is -1.96. The predicted molar refractivity (Wildman–Crippen MR) is 97.0 cm³/mol. The highest BCUT2D eigenvalue weighted by atomic mass is 16.5. The minimum Gasteiger partial charge on any atom is -0.496 e. The van der Waals surface area contributed by atoms with Gasteiger partial charge in [-0.25, -0.2) is 0 Å². The van der Waals surface area contributed by atoms with Crippen LogP contribution in [-0.2, 0) is 0 Å². The first-order valence-electron chi connectivity index (χ1n) is 7.74. The third kappa shape index (κ3) is 2.81. The number of methoxy groups -OCH3 is 3. The van der Waals surface area contributed by atoms with Gasteiger partial charge in [0.1, 0.15) is 17.2 Å². The third-order valence-corrected chi connectivity index (χ3v) is 4.01. The van der Waals surface area contributed by atoms with Gasteiger partial charge in [0, 0.05) is 11.1 Å². The molecule has 0 unspecified atom stereocenters. The van der Waals surface area contributed by atoms with Gasteiger partial charge in [0.25, 0.3) is 0 Å². The summed E-state index contributed by atoms with van der Waals surface area (Å²) in [5.74, 6) is 2.34. The predicted octanol–water partition coefficient (Wildman–Crippen LogP) is 5.05. The second-order valence-corrected chi connectivity index (χ2v) is 5.29. The van der Waals surface area contributed by atoms with Crippen LogP contribution in [-0.4, -0.2) is 21.3 Å². The van der Waals surface area contributed by atoms with Crippen LogP contribution >= 0.6 is 0 Å². The van der Waals surface area contributed by atoms with E-state index in [4.69, 9.17) is 14.2 Å². The van der Waals surface area contributed by atoms with E-state index in [-0.39, 0.29) is 0 Å². The van der Waals surface area contributed by atoms with E-state index in [1.807, 2.05) is 48.5 Å². The minimum absolute atomic E-state index is 0.764. The Balaban J connectivity index is 2.35. The number of benzene rings is 3. The molecule has 0 amide bonds. The first-order valence-corrected chi connectivity index (χ1v) is 7.74. The molecule has 3 aromatic rings. The minimum atomic E-state index is 0.764. The highest BCUT2D eigenvalue weighted by molar-refractivity contribution is 5.92. The number of hydrogen-bond donors (Lipinski definition) is 0. The zero-order valence-corrected chi connectivity index (χ0v) is 14.1. The van der Waals surface area contributed by atoms with Gasteiger partial charge >= 0.3 is 0 Å². The maximum Gasteiger partial charge on any atom is 0.130 e. The van der Waals surface area contributed by atoms with Crippen LogP contribution in [0.25, 0.3) is 22.3 Å². The molecule has 0 saturated carbocycles. The lowest BCUT2D eigenvalue weighted by Gasteiger charge is -2.18. The lowest BCUT2D eigenvalue weighted by molar-refractivity contribution is 0.397. The van der Waals surface area contributed by atoms with Gasteiger partial charge in [-0.3, -0.25) is 0 Å². The van der Waals surface area contributed by atoms with Crippen LogP contribution in [0.15, 0.2) is 66.7 Å². The van der Waals surface area contributed by atoms with Crippen molar-refractivity contribution in [2.45, 2.75) is 0 Å². The average Bonchev–Trinajstić information content (AvgIpc) is 2.67. The first-order chi connectivity index (χ1) is 11.8. The third-order valence-electron chi connectivity index (χ3n) is 4.01. The van der Waals surface area contributed by atoms with E-state index in [0.717, 1.165) is 39.5 Å². The van der Waals surface area contributed by atoms with Crippen LogP contribution in [0.3, 0.4) is 0 Å². The van der Waals surface area contributed by atoms with Gasteiger partial charge in [-0.05, 0) is 23.8 Å². The SMILES string of the molecule is COc1cccc(OC)c1-c1cccc(OC)c1-c1ccccc1. The summed E-state index contributed by atoms with van der Waals surface area (Å²) in [6, 6.07) is 22.0. The van der Waals surface area contributed by atoms with Crippen molar-refractivity contribution >= 4 is 0 Å². The van der Waals surface area contributed by atoms with Crippen molar-refractivity contribution in [3.05, 3.63) is 66.7 Å². The molecule has 0 bridgehead atoms. The molecule has 3 nitrogen and oxygen atoms in total. The van der Waals surface area contributed by atoms with Gasteiger partial charge < -0.3 is 14.2 Å². The summed E-state index contributed by atoms with van der Waals surface area (Å²) in [7, 11) is 5.02. The second-order valence-electron chi connectivity index (χ2n) is 5.29. The average molecular weight is 320 g/mol. The van der Waals surface area contributed by atoms with Crippen LogP contribution < -0.4 is 14.2 Å². The monoisotopic (exact) mass is 320 g/mol. The molecular weight excluding hydrogens is 300 g/mol. The topological polar surface area (TPSA) is 27.7 Å². The standard InChI is InChI=1S/C21H20O3/c1-22-17-12-7-11-16(20(17)15-9-5-4-6-10-15)21-18(23-2)13-8-14-19(21)24-3/h4-14H,1-3H3. The van der Waals surface area contributed by atoms with Crippen molar-refractivity contribution in [2.24, 2.45) is 0 Å². The van der Waals surface area contributed by atoms with Crippen LogP contribution in [0.1, 0.15) is 0 Å². The van der Waals surface area contributed by atoms with Crippen molar-refractivity contribution in [3.8, 4) is 39.5 Å². The molecule has 0 aromatic heterocycles. The first kappa shape index (κ1) is 15.9. The van der Waals surface area contributed by atoms with Crippen molar-refractivity contribution in [2.75, 3.05) is 21.3 Å². The summed E-state index contributed by atoms with van der Waals surface area (Å²) >= 11 is 0. The van der Waals surface area contributed by atoms with E-state index < -0.39 is 0 Å². The molecular formula is C21H20O3. The molecule has 122 valence electrons. The van der Waals surface area contributed by atoms with Crippen LogP contribution in [0, 0.1) is 0 Å². The Bertz CT molecular complexity index is 803. The second kappa shape index (κ2) is 7.09. The number of rotatable bonds is 5. The molecule has 0 aliphatic carbocycles. The zero-order chi connectivity index (χ0) is 16.9. The van der Waals surface area contributed by atoms with Gasteiger partial charge in [-0.15, -0.1) is 0 Å². The largest absolute Gasteiger partial charge is 0.496 e. The fourth-order valence-corrected chi connectivity index (χ4v) is 2.93. The molecule has 3 aromatic carbocycles. The van der Waals surface area contributed by atoms with Gasteiger partial charge in [0.05, 0.1) is 26.9 Å². The Morgan fingerprint density at radius 2 is 1.00 bits per heavy atom. The van der Waals surface area contributed by atoms with E-state index in [1.165, 1.54) is 0 Å². The summed E-state index contributed by atoms with van der Waals surface area (Å²) in [6.45, 7) is 0. The Labute approximate surface area is 142 Å². The summed E-state index contributed by atoms with van der Waals surface area (Å²) in [5, 5.41) is 0. The van der Waals surface area contributed by atoms with E-state index in [1.54, 1.807) is 21.3 Å². The summed E-state index contributed by atoms with van der Waals surface area (Å²) in [5.41, 5.74) is 4.02. The highest BCUT2D eigenvalue weighted by Gasteiger charge is 2.19. The van der Waals surface area contributed by atoms with Crippen molar-refractivity contribution < 1.29 is 14.2 Å². The Hall–Kier alpha value is -2.94. The normalized spacial score (nSPS) is 10.3. The fraction of sp³-hybridized carbons (Fsp3) is 0.143. The van der Waals surface area contributed by atoms with Crippen molar-refractivity contribution in [1.82, 2.24) is 0 Å². The molecule has 0 aliphatic rings. The summed E-state index contributed by atoms with van der Waals surface area (Å²) in [4.78, 5) is 0. The smallest absolute Gasteiger partial charge is 0.130 e. The van der Waals surface area contributed by atoms with Crippen molar-refractivity contribution in [1.29, 1.82) is 0 Å². The molecule has 3 rings (SSSR count).